The summed E-state index contributed by atoms with van der Waals surface area (Å²) in [5.41, 5.74) is 0.403. The van der Waals surface area contributed by atoms with Gasteiger partial charge in [-0.1, -0.05) is 20.8 Å². The van der Waals surface area contributed by atoms with Crippen molar-refractivity contribution >= 4 is 11.6 Å². The van der Waals surface area contributed by atoms with Crippen molar-refractivity contribution in [3.63, 3.8) is 0 Å². The normalized spacial score (nSPS) is 17.5. The third-order valence-electron chi connectivity index (χ3n) is 2.13. The SMILES string of the molecule is CC.CCC1Oc2ccc(F)cc2NC1=O. The average molecular weight is 225 g/mol. The molecule has 1 N–H and O–H groups in total. The molecule has 0 spiro atoms. The number of fused-ring (bicyclic) bond motifs is 1. The largest absolute Gasteiger partial charge is 0.478 e. The van der Waals surface area contributed by atoms with Crippen LogP contribution in [0.2, 0.25) is 0 Å². The first-order valence-corrected chi connectivity index (χ1v) is 5.47. The Morgan fingerprint density at radius 1 is 1.44 bits per heavy atom. The van der Waals surface area contributed by atoms with E-state index >= 15 is 0 Å². The molecule has 0 saturated heterocycles. The Morgan fingerprint density at radius 2 is 2.12 bits per heavy atom. The highest BCUT2D eigenvalue weighted by Crippen LogP contribution is 2.30. The number of carbonyl (C=O) groups is 1. The number of ether oxygens (including phenoxy) is 1. The van der Waals surface area contributed by atoms with Gasteiger partial charge in [0.1, 0.15) is 11.6 Å². The predicted molar refractivity (Wildman–Crippen MR) is 61.1 cm³/mol. The van der Waals surface area contributed by atoms with Crippen molar-refractivity contribution < 1.29 is 13.9 Å². The smallest absolute Gasteiger partial charge is 0.265 e. The lowest BCUT2D eigenvalue weighted by Crippen LogP contribution is -2.36. The number of amides is 1. The van der Waals surface area contributed by atoms with Gasteiger partial charge in [-0.25, -0.2) is 4.39 Å². The maximum absolute atomic E-state index is 12.8. The summed E-state index contributed by atoms with van der Waals surface area (Å²) in [5.74, 6) is -0.0777. The fraction of sp³-hybridized carbons (Fsp3) is 0.417. The van der Waals surface area contributed by atoms with Crippen LogP contribution in [0.25, 0.3) is 0 Å². The molecule has 3 nitrogen and oxygen atoms in total. The Balaban J connectivity index is 0.000000606. The summed E-state index contributed by atoms with van der Waals surface area (Å²) >= 11 is 0. The summed E-state index contributed by atoms with van der Waals surface area (Å²) in [7, 11) is 0. The van der Waals surface area contributed by atoms with E-state index in [1.165, 1.54) is 18.2 Å². The number of halogens is 1. The van der Waals surface area contributed by atoms with Crippen LogP contribution in [-0.2, 0) is 4.79 Å². The molecule has 0 aliphatic carbocycles. The molecule has 1 aromatic rings. The summed E-state index contributed by atoms with van der Waals surface area (Å²) in [6, 6.07) is 4.08. The van der Waals surface area contributed by atoms with E-state index in [2.05, 4.69) is 5.32 Å². The van der Waals surface area contributed by atoms with Gasteiger partial charge >= 0.3 is 0 Å². The number of benzene rings is 1. The molecule has 1 aromatic carbocycles. The summed E-state index contributed by atoms with van der Waals surface area (Å²) in [5, 5.41) is 2.60. The van der Waals surface area contributed by atoms with E-state index in [4.69, 9.17) is 4.74 Å². The number of rotatable bonds is 1. The molecule has 0 aromatic heterocycles. The second-order valence-electron chi connectivity index (χ2n) is 3.14. The van der Waals surface area contributed by atoms with Gasteiger partial charge in [-0.2, -0.15) is 0 Å². The van der Waals surface area contributed by atoms with Gasteiger partial charge in [-0.05, 0) is 18.6 Å². The first kappa shape index (κ1) is 12.5. The van der Waals surface area contributed by atoms with Crippen molar-refractivity contribution in [3.05, 3.63) is 24.0 Å². The van der Waals surface area contributed by atoms with Gasteiger partial charge in [0.2, 0.25) is 0 Å². The maximum Gasteiger partial charge on any atom is 0.265 e. The Kier molecular flexibility index (Phi) is 4.28. The topological polar surface area (TPSA) is 38.3 Å². The van der Waals surface area contributed by atoms with Crippen LogP contribution in [-0.4, -0.2) is 12.0 Å². The molecule has 0 radical (unpaired) electrons. The van der Waals surface area contributed by atoms with E-state index in [1.54, 1.807) is 0 Å². The predicted octanol–water partition coefficient (Wildman–Crippen LogP) is 2.96. The molecule has 0 saturated carbocycles. The Hall–Kier alpha value is -1.58. The van der Waals surface area contributed by atoms with Gasteiger partial charge in [0.25, 0.3) is 5.91 Å². The molecule has 1 aliphatic rings. The summed E-state index contributed by atoms with van der Waals surface area (Å²) in [4.78, 5) is 11.3. The fourth-order valence-electron chi connectivity index (χ4n) is 1.39. The molecule has 1 amide bonds. The number of nitrogens with one attached hydrogen (secondary N) is 1. The van der Waals surface area contributed by atoms with Crippen molar-refractivity contribution in [1.29, 1.82) is 0 Å². The van der Waals surface area contributed by atoms with Crippen molar-refractivity contribution in [2.24, 2.45) is 0 Å². The highest BCUT2D eigenvalue weighted by Gasteiger charge is 2.25. The summed E-state index contributed by atoms with van der Waals surface area (Å²) in [6.45, 7) is 5.86. The molecule has 0 fully saturated rings. The van der Waals surface area contributed by atoms with Gasteiger partial charge in [-0.3, -0.25) is 4.79 Å². The Labute approximate surface area is 94.6 Å². The number of carbonyl (C=O) groups excluding carboxylic acids is 1. The van der Waals surface area contributed by atoms with Crippen LogP contribution in [0.15, 0.2) is 18.2 Å². The van der Waals surface area contributed by atoms with Crippen LogP contribution in [0.1, 0.15) is 27.2 Å². The molecule has 1 atom stereocenters. The lowest BCUT2D eigenvalue weighted by atomic mass is 10.2. The van der Waals surface area contributed by atoms with Crippen molar-refractivity contribution in [1.82, 2.24) is 0 Å². The van der Waals surface area contributed by atoms with Crippen LogP contribution >= 0.6 is 0 Å². The molecular formula is C12H16FNO2. The lowest BCUT2D eigenvalue weighted by Gasteiger charge is -2.24. The first-order valence-electron chi connectivity index (χ1n) is 5.47. The molecule has 1 aliphatic heterocycles. The average Bonchev–Trinajstić information content (AvgIpc) is 2.30. The molecule has 1 unspecified atom stereocenters. The zero-order valence-corrected chi connectivity index (χ0v) is 9.71. The third-order valence-corrected chi connectivity index (χ3v) is 2.13. The zero-order valence-electron chi connectivity index (χ0n) is 9.71. The van der Waals surface area contributed by atoms with E-state index in [0.29, 0.717) is 17.9 Å². The van der Waals surface area contributed by atoms with Crippen LogP contribution in [0, 0.1) is 5.82 Å². The second kappa shape index (κ2) is 5.49. The number of anilines is 1. The van der Waals surface area contributed by atoms with Gasteiger partial charge in [0.05, 0.1) is 5.69 Å². The highest BCUT2D eigenvalue weighted by molar-refractivity contribution is 5.97. The van der Waals surface area contributed by atoms with Crippen molar-refractivity contribution in [2.45, 2.75) is 33.3 Å². The summed E-state index contributed by atoms with van der Waals surface area (Å²) in [6.07, 6.45) is 0.135. The number of hydrogen-bond donors (Lipinski definition) is 1. The molecule has 2 rings (SSSR count). The van der Waals surface area contributed by atoms with E-state index in [0.717, 1.165) is 0 Å². The van der Waals surface area contributed by atoms with Gasteiger partial charge in [0.15, 0.2) is 6.10 Å². The van der Waals surface area contributed by atoms with E-state index in [1.807, 2.05) is 20.8 Å². The fourth-order valence-corrected chi connectivity index (χ4v) is 1.39. The van der Waals surface area contributed by atoms with E-state index in [-0.39, 0.29) is 11.7 Å². The van der Waals surface area contributed by atoms with Gasteiger partial charge in [0, 0.05) is 6.07 Å². The standard InChI is InChI=1S/C10H10FNO2.C2H6/c1-2-8-10(13)12-7-5-6(11)3-4-9(7)14-8;1-2/h3-5,8H,2H2,1H3,(H,12,13);1-2H3. The number of hydrogen-bond acceptors (Lipinski definition) is 2. The van der Waals surface area contributed by atoms with Gasteiger partial charge < -0.3 is 10.1 Å². The monoisotopic (exact) mass is 225 g/mol. The molecule has 4 heteroatoms. The minimum Gasteiger partial charge on any atom is -0.478 e. The molecule has 16 heavy (non-hydrogen) atoms. The van der Waals surface area contributed by atoms with E-state index in [9.17, 15) is 9.18 Å². The van der Waals surface area contributed by atoms with Crippen LogP contribution in [0.4, 0.5) is 10.1 Å². The van der Waals surface area contributed by atoms with E-state index < -0.39 is 6.10 Å². The van der Waals surface area contributed by atoms with Crippen LogP contribution in [0.3, 0.4) is 0 Å². The first-order chi connectivity index (χ1) is 7.70. The quantitative estimate of drug-likeness (QED) is 0.798. The third kappa shape index (κ3) is 2.51. The minimum atomic E-state index is -0.465. The molecule has 1 heterocycles. The van der Waals surface area contributed by atoms with Crippen LogP contribution < -0.4 is 10.1 Å². The van der Waals surface area contributed by atoms with Gasteiger partial charge in [-0.15, -0.1) is 0 Å². The molecule has 88 valence electrons. The highest BCUT2D eigenvalue weighted by atomic mass is 19.1. The second-order valence-corrected chi connectivity index (χ2v) is 3.14. The molecular weight excluding hydrogens is 209 g/mol. The van der Waals surface area contributed by atoms with Crippen LogP contribution in [0.5, 0.6) is 5.75 Å². The zero-order chi connectivity index (χ0) is 12.1. The van der Waals surface area contributed by atoms with Crippen molar-refractivity contribution in [2.75, 3.05) is 5.32 Å². The summed E-state index contributed by atoms with van der Waals surface area (Å²) < 4.78 is 18.2. The molecule has 0 bridgehead atoms. The lowest BCUT2D eigenvalue weighted by molar-refractivity contribution is -0.123. The Bertz CT molecular complexity index is 379. The maximum atomic E-state index is 12.8. The van der Waals surface area contributed by atoms with Crippen molar-refractivity contribution in [3.8, 4) is 5.75 Å². The minimum absolute atomic E-state index is 0.217. The Morgan fingerprint density at radius 3 is 2.75 bits per heavy atom.